The minimum absolute atomic E-state index is 0.416. The van der Waals surface area contributed by atoms with E-state index in [9.17, 15) is 9.59 Å². The lowest BCUT2D eigenvalue weighted by Gasteiger charge is -2.17. The number of carbonyl (C=O) groups excluding carboxylic acids is 1. The molecule has 5 nitrogen and oxygen atoms in total. The van der Waals surface area contributed by atoms with Crippen molar-refractivity contribution in [3.8, 4) is 0 Å². The van der Waals surface area contributed by atoms with Crippen LogP contribution in [-0.2, 0) is 9.59 Å². The van der Waals surface area contributed by atoms with Crippen LogP contribution in [0.25, 0.3) is 0 Å². The van der Waals surface area contributed by atoms with Gasteiger partial charge >= 0.3 is 5.97 Å². The number of hydrogen-bond donors (Lipinski definition) is 3. The van der Waals surface area contributed by atoms with Gasteiger partial charge in [0.2, 0.25) is 5.91 Å². The van der Waals surface area contributed by atoms with Gasteiger partial charge in [-0.3, -0.25) is 4.79 Å². The molecule has 0 aromatic heterocycles. The zero-order valence-electron chi connectivity index (χ0n) is 11.0. The molecule has 0 aliphatic carbocycles. The van der Waals surface area contributed by atoms with Gasteiger partial charge in [-0.25, -0.2) is 4.79 Å². The van der Waals surface area contributed by atoms with E-state index in [4.69, 9.17) is 10.8 Å². The predicted molar refractivity (Wildman–Crippen MR) is 72.5 cm³/mol. The fourth-order valence-electron chi connectivity index (χ4n) is 1.74. The van der Waals surface area contributed by atoms with Gasteiger partial charge < -0.3 is 16.2 Å². The molecule has 1 aromatic carbocycles. The molecule has 0 aliphatic heterocycles. The van der Waals surface area contributed by atoms with E-state index in [0.29, 0.717) is 12.0 Å². The third kappa shape index (κ3) is 4.71. The number of rotatable bonds is 7. The summed E-state index contributed by atoms with van der Waals surface area (Å²) in [5.41, 5.74) is 6.48. The molecular formula is C14H20N2O3. The van der Waals surface area contributed by atoms with E-state index in [1.807, 2.05) is 13.0 Å². The van der Waals surface area contributed by atoms with Crippen LogP contribution in [0.3, 0.4) is 0 Å². The van der Waals surface area contributed by atoms with E-state index >= 15 is 0 Å². The number of aliphatic carboxylic acids is 1. The third-order valence-corrected chi connectivity index (χ3v) is 2.90. The second-order valence-electron chi connectivity index (χ2n) is 4.43. The van der Waals surface area contributed by atoms with Gasteiger partial charge in [-0.1, -0.05) is 50.1 Å². The van der Waals surface area contributed by atoms with Crippen LogP contribution in [0.5, 0.6) is 0 Å². The van der Waals surface area contributed by atoms with E-state index in [1.165, 1.54) is 0 Å². The monoisotopic (exact) mass is 264 g/mol. The summed E-state index contributed by atoms with van der Waals surface area (Å²) in [4.78, 5) is 23.0. The summed E-state index contributed by atoms with van der Waals surface area (Å²) in [5, 5.41) is 11.5. The summed E-state index contributed by atoms with van der Waals surface area (Å²) < 4.78 is 0. The third-order valence-electron chi connectivity index (χ3n) is 2.90. The van der Waals surface area contributed by atoms with Crippen molar-refractivity contribution in [3.63, 3.8) is 0 Å². The SMILES string of the molecule is CCCCC(NC(=O)[C@@H](N)c1ccccc1)C(=O)O. The summed E-state index contributed by atoms with van der Waals surface area (Å²) in [7, 11) is 0. The van der Waals surface area contributed by atoms with Crippen molar-refractivity contribution >= 4 is 11.9 Å². The molecule has 1 unspecified atom stereocenters. The molecule has 0 bridgehead atoms. The molecule has 5 heteroatoms. The van der Waals surface area contributed by atoms with E-state index in [-0.39, 0.29) is 0 Å². The average molecular weight is 264 g/mol. The van der Waals surface area contributed by atoms with Crippen molar-refractivity contribution in [1.29, 1.82) is 0 Å². The normalized spacial score (nSPS) is 13.6. The maximum Gasteiger partial charge on any atom is 0.326 e. The smallest absolute Gasteiger partial charge is 0.326 e. The molecule has 0 saturated carbocycles. The first-order valence-electron chi connectivity index (χ1n) is 6.40. The van der Waals surface area contributed by atoms with Crippen LogP contribution in [-0.4, -0.2) is 23.0 Å². The number of nitrogens with two attached hydrogens (primary N) is 1. The number of carbonyl (C=O) groups is 2. The molecule has 0 spiro atoms. The molecule has 1 aromatic rings. The summed E-state index contributed by atoms with van der Waals surface area (Å²) in [6.45, 7) is 1.97. The molecular weight excluding hydrogens is 244 g/mol. The van der Waals surface area contributed by atoms with Crippen LogP contribution in [0.2, 0.25) is 0 Å². The Morgan fingerprint density at radius 2 is 1.95 bits per heavy atom. The fraction of sp³-hybridized carbons (Fsp3) is 0.429. The van der Waals surface area contributed by atoms with Gasteiger partial charge in [-0.2, -0.15) is 0 Å². The first kappa shape index (κ1) is 15.2. The lowest BCUT2D eigenvalue weighted by Crippen LogP contribution is -2.44. The standard InChI is InChI=1S/C14H20N2O3/c1-2-3-9-11(14(18)19)16-13(17)12(15)10-7-5-4-6-8-10/h4-8,11-12H,2-3,9,15H2,1H3,(H,16,17)(H,18,19)/t11?,12-/m0/s1. The number of hydrogen-bond acceptors (Lipinski definition) is 3. The Morgan fingerprint density at radius 1 is 1.32 bits per heavy atom. The van der Waals surface area contributed by atoms with Crippen LogP contribution in [0.1, 0.15) is 37.8 Å². The summed E-state index contributed by atoms with van der Waals surface area (Å²) >= 11 is 0. The molecule has 19 heavy (non-hydrogen) atoms. The van der Waals surface area contributed by atoms with E-state index in [0.717, 1.165) is 12.8 Å². The number of benzene rings is 1. The molecule has 1 rings (SSSR count). The molecule has 0 heterocycles. The number of unbranched alkanes of at least 4 members (excludes halogenated alkanes) is 1. The maximum absolute atomic E-state index is 11.9. The Morgan fingerprint density at radius 3 is 2.47 bits per heavy atom. The quantitative estimate of drug-likeness (QED) is 0.695. The van der Waals surface area contributed by atoms with Crippen molar-refractivity contribution in [3.05, 3.63) is 35.9 Å². The van der Waals surface area contributed by atoms with Gasteiger partial charge in [0.15, 0.2) is 0 Å². The maximum atomic E-state index is 11.9. The van der Waals surface area contributed by atoms with Crippen molar-refractivity contribution in [2.75, 3.05) is 0 Å². The first-order valence-corrected chi connectivity index (χ1v) is 6.40. The van der Waals surface area contributed by atoms with Crippen LogP contribution in [0.4, 0.5) is 0 Å². The Hall–Kier alpha value is -1.88. The number of carboxylic acid groups (broad SMARTS) is 1. The molecule has 4 N–H and O–H groups in total. The molecule has 1 amide bonds. The highest BCUT2D eigenvalue weighted by molar-refractivity contribution is 5.87. The van der Waals surface area contributed by atoms with Crippen molar-refractivity contribution in [1.82, 2.24) is 5.32 Å². The zero-order chi connectivity index (χ0) is 14.3. The molecule has 0 aliphatic rings. The molecule has 2 atom stereocenters. The highest BCUT2D eigenvalue weighted by Gasteiger charge is 2.23. The Bertz CT molecular complexity index is 420. The van der Waals surface area contributed by atoms with Gasteiger partial charge in [0.1, 0.15) is 12.1 Å². The fourth-order valence-corrected chi connectivity index (χ4v) is 1.74. The number of amides is 1. The van der Waals surface area contributed by atoms with E-state index in [1.54, 1.807) is 24.3 Å². The Balaban J connectivity index is 2.64. The molecule has 104 valence electrons. The van der Waals surface area contributed by atoms with E-state index < -0.39 is 24.0 Å². The van der Waals surface area contributed by atoms with Gasteiger partial charge in [0.25, 0.3) is 0 Å². The summed E-state index contributed by atoms with van der Waals surface area (Å²) in [5.74, 6) is -1.49. The topological polar surface area (TPSA) is 92.4 Å². The molecule has 0 fully saturated rings. The Labute approximate surface area is 112 Å². The number of carboxylic acids is 1. The van der Waals surface area contributed by atoms with E-state index in [2.05, 4.69) is 5.32 Å². The minimum atomic E-state index is -1.03. The summed E-state index contributed by atoms with van der Waals surface area (Å²) in [6.07, 6.45) is 2.04. The lowest BCUT2D eigenvalue weighted by atomic mass is 10.1. The van der Waals surface area contributed by atoms with Gasteiger partial charge in [0, 0.05) is 0 Å². The Kier molecular flexibility index (Phi) is 6.02. The second-order valence-corrected chi connectivity index (χ2v) is 4.43. The van der Waals surface area contributed by atoms with Crippen molar-refractivity contribution < 1.29 is 14.7 Å². The number of nitrogens with one attached hydrogen (secondary N) is 1. The highest BCUT2D eigenvalue weighted by Crippen LogP contribution is 2.10. The first-order chi connectivity index (χ1) is 9.06. The zero-order valence-corrected chi connectivity index (χ0v) is 11.0. The van der Waals surface area contributed by atoms with Crippen molar-refractivity contribution in [2.24, 2.45) is 5.73 Å². The molecule has 0 radical (unpaired) electrons. The van der Waals surface area contributed by atoms with Gasteiger partial charge in [0.05, 0.1) is 0 Å². The van der Waals surface area contributed by atoms with Crippen LogP contribution >= 0.6 is 0 Å². The average Bonchev–Trinajstić information content (AvgIpc) is 2.43. The highest BCUT2D eigenvalue weighted by atomic mass is 16.4. The largest absolute Gasteiger partial charge is 0.480 e. The minimum Gasteiger partial charge on any atom is -0.480 e. The van der Waals surface area contributed by atoms with Gasteiger partial charge in [-0.15, -0.1) is 0 Å². The summed E-state index contributed by atoms with van der Waals surface area (Å²) in [6, 6.07) is 7.17. The second kappa shape index (κ2) is 7.53. The van der Waals surface area contributed by atoms with Crippen LogP contribution in [0, 0.1) is 0 Å². The predicted octanol–water partition coefficient (Wildman–Crippen LogP) is 1.45. The van der Waals surface area contributed by atoms with Crippen LogP contribution in [0.15, 0.2) is 30.3 Å². The molecule has 0 saturated heterocycles. The lowest BCUT2D eigenvalue weighted by molar-refractivity contribution is -0.142. The van der Waals surface area contributed by atoms with Crippen molar-refractivity contribution in [2.45, 2.75) is 38.3 Å². The van der Waals surface area contributed by atoms with Gasteiger partial charge in [-0.05, 0) is 12.0 Å². The van der Waals surface area contributed by atoms with Crippen LogP contribution < -0.4 is 11.1 Å².